The lowest BCUT2D eigenvalue weighted by Gasteiger charge is -2.28. The molecule has 0 saturated carbocycles. The van der Waals surface area contributed by atoms with Crippen molar-refractivity contribution in [3.63, 3.8) is 0 Å². The first-order valence-electron chi connectivity index (χ1n) is 15.4. The molecule has 46 heavy (non-hydrogen) atoms. The van der Waals surface area contributed by atoms with Gasteiger partial charge in [-0.1, -0.05) is 66.7 Å². The Hall–Kier alpha value is -4.97. The molecular weight excluding hydrogens is 580 g/mol. The minimum atomic E-state index is -0.379. The van der Waals surface area contributed by atoms with E-state index in [9.17, 15) is 9.59 Å². The van der Waals surface area contributed by atoms with Crippen LogP contribution in [0.3, 0.4) is 0 Å². The second kappa shape index (κ2) is 18.1. The highest BCUT2D eigenvalue weighted by Gasteiger charge is 2.19. The van der Waals surface area contributed by atoms with Gasteiger partial charge in [-0.3, -0.25) is 9.69 Å². The second-order valence-electron chi connectivity index (χ2n) is 10.8. The third kappa shape index (κ3) is 10.9. The number of unbranched alkanes of at least 4 members (excludes halogenated alkanes) is 1. The Labute approximate surface area is 271 Å². The van der Waals surface area contributed by atoms with E-state index in [-0.39, 0.29) is 18.0 Å². The number of hydrogen-bond acceptors (Lipinski definition) is 7. The molecule has 0 aromatic heterocycles. The number of para-hydroxylation sites is 1. The van der Waals surface area contributed by atoms with Crippen molar-refractivity contribution in [1.82, 2.24) is 4.90 Å². The maximum atomic E-state index is 12.0. The number of ether oxygens (including phenoxy) is 4. The number of carbonyl (C=O) groups is 2. The SMILES string of the molecule is [C-]#[N+]c1cccc([C@H](CN(CCCCC(=O)OCC)Cc2ccc(C(=O)OC)cc2)OCc2ccc(Oc3ccccc3)cc2)c1. The lowest BCUT2D eigenvalue weighted by molar-refractivity contribution is -0.143. The van der Waals surface area contributed by atoms with Gasteiger partial charge in [-0.15, -0.1) is 0 Å². The van der Waals surface area contributed by atoms with E-state index in [1.165, 1.54) is 7.11 Å². The topological polar surface area (TPSA) is 78.7 Å². The van der Waals surface area contributed by atoms with Crippen molar-refractivity contribution in [3.8, 4) is 11.5 Å². The fourth-order valence-electron chi connectivity index (χ4n) is 4.95. The standard InChI is InChI=1S/C38H40N2O6/c1-4-44-37(41)15-8-9-24-40(26-29-16-20-31(21-17-29)38(42)43-3)27-36(32-11-10-12-33(25-32)39-2)45-28-30-18-22-35(23-19-30)46-34-13-6-5-7-14-34/h5-7,10-14,16-23,25,36H,4,8-9,15,24,26-28H2,1,3H3/t36-/m0/s1. The van der Waals surface area contributed by atoms with E-state index in [1.54, 1.807) is 25.1 Å². The maximum Gasteiger partial charge on any atom is 0.337 e. The molecule has 0 aliphatic rings. The summed E-state index contributed by atoms with van der Waals surface area (Å²) in [4.78, 5) is 29.8. The van der Waals surface area contributed by atoms with Crippen LogP contribution in [0.5, 0.6) is 11.5 Å². The number of methoxy groups -OCH3 is 1. The Morgan fingerprint density at radius 2 is 1.57 bits per heavy atom. The highest BCUT2D eigenvalue weighted by atomic mass is 16.5. The lowest BCUT2D eigenvalue weighted by Crippen LogP contribution is -2.30. The van der Waals surface area contributed by atoms with Crippen LogP contribution in [0.15, 0.2) is 103 Å². The molecule has 4 aromatic rings. The molecule has 8 heteroatoms. The Balaban J connectivity index is 1.49. The van der Waals surface area contributed by atoms with Crippen molar-refractivity contribution in [2.45, 2.75) is 45.4 Å². The first-order chi connectivity index (χ1) is 22.5. The minimum absolute atomic E-state index is 0.190. The van der Waals surface area contributed by atoms with Crippen molar-refractivity contribution in [3.05, 3.63) is 137 Å². The Bertz CT molecular complexity index is 1570. The predicted octanol–water partition coefficient (Wildman–Crippen LogP) is 8.31. The summed E-state index contributed by atoms with van der Waals surface area (Å²) in [5, 5.41) is 0. The van der Waals surface area contributed by atoms with Crippen LogP contribution in [0, 0.1) is 6.57 Å². The van der Waals surface area contributed by atoms with Crippen molar-refractivity contribution >= 4 is 17.6 Å². The first kappa shape index (κ1) is 33.9. The molecule has 4 rings (SSSR count). The molecule has 0 aliphatic heterocycles. The average molecular weight is 621 g/mol. The van der Waals surface area contributed by atoms with Crippen molar-refractivity contribution < 1.29 is 28.5 Å². The zero-order chi connectivity index (χ0) is 32.6. The third-order valence-corrected chi connectivity index (χ3v) is 7.34. The van der Waals surface area contributed by atoms with Crippen LogP contribution in [-0.2, 0) is 32.2 Å². The van der Waals surface area contributed by atoms with Gasteiger partial charge in [0.1, 0.15) is 11.5 Å². The highest BCUT2D eigenvalue weighted by Crippen LogP contribution is 2.27. The molecular formula is C38H40N2O6. The van der Waals surface area contributed by atoms with Gasteiger partial charge in [0.25, 0.3) is 0 Å². The van der Waals surface area contributed by atoms with Gasteiger partial charge in [-0.25, -0.2) is 9.64 Å². The molecule has 238 valence electrons. The highest BCUT2D eigenvalue weighted by molar-refractivity contribution is 5.89. The van der Waals surface area contributed by atoms with E-state index < -0.39 is 0 Å². The Morgan fingerprint density at radius 3 is 2.26 bits per heavy atom. The van der Waals surface area contributed by atoms with Crippen molar-refractivity contribution in [1.29, 1.82) is 0 Å². The molecule has 0 aliphatic carbocycles. The molecule has 0 radical (unpaired) electrons. The lowest BCUT2D eigenvalue weighted by atomic mass is 10.1. The molecule has 1 atom stereocenters. The summed E-state index contributed by atoms with van der Waals surface area (Å²) < 4.78 is 22.4. The summed E-state index contributed by atoms with van der Waals surface area (Å²) in [5.41, 5.74) is 3.97. The summed E-state index contributed by atoms with van der Waals surface area (Å²) >= 11 is 0. The van der Waals surface area contributed by atoms with E-state index in [0.717, 1.165) is 34.6 Å². The molecule has 0 spiro atoms. The minimum Gasteiger partial charge on any atom is -0.466 e. The monoisotopic (exact) mass is 620 g/mol. The van der Waals surface area contributed by atoms with Crippen LogP contribution < -0.4 is 4.74 Å². The second-order valence-corrected chi connectivity index (χ2v) is 10.8. The van der Waals surface area contributed by atoms with Gasteiger partial charge >= 0.3 is 11.9 Å². The van der Waals surface area contributed by atoms with E-state index in [4.69, 9.17) is 25.5 Å². The Kier molecular flexibility index (Phi) is 13.4. The molecule has 0 bridgehead atoms. The van der Waals surface area contributed by atoms with Crippen molar-refractivity contribution in [2.24, 2.45) is 0 Å². The van der Waals surface area contributed by atoms with Gasteiger partial charge in [0, 0.05) is 19.5 Å². The largest absolute Gasteiger partial charge is 0.466 e. The van der Waals surface area contributed by atoms with Crippen LogP contribution in [0.25, 0.3) is 4.85 Å². The van der Waals surface area contributed by atoms with Gasteiger partial charge in [0.05, 0.1) is 38.6 Å². The fraction of sp³-hybridized carbons (Fsp3) is 0.289. The zero-order valence-corrected chi connectivity index (χ0v) is 26.4. The number of hydrogen-bond donors (Lipinski definition) is 0. The van der Waals surface area contributed by atoms with Crippen LogP contribution >= 0.6 is 0 Å². The average Bonchev–Trinajstić information content (AvgIpc) is 3.09. The van der Waals surface area contributed by atoms with Gasteiger partial charge in [0.2, 0.25) is 0 Å². The molecule has 0 N–H and O–H groups in total. The van der Waals surface area contributed by atoms with Gasteiger partial charge in [0.15, 0.2) is 5.69 Å². The van der Waals surface area contributed by atoms with Crippen LogP contribution in [0.2, 0.25) is 0 Å². The molecule has 0 unspecified atom stereocenters. The molecule has 8 nitrogen and oxygen atoms in total. The number of carbonyl (C=O) groups excluding carboxylic acids is 2. The smallest absolute Gasteiger partial charge is 0.337 e. The maximum absolute atomic E-state index is 12.0. The number of rotatable bonds is 17. The fourth-order valence-corrected chi connectivity index (χ4v) is 4.95. The molecule has 0 saturated heterocycles. The van der Waals surface area contributed by atoms with E-state index in [2.05, 4.69) is 9.74 Å². The van der Waals surface area contributed by atoms with E-state index >= 15 is 0 Å². The number of nitrogens with zero attached hydrogens (tertiary/aromatic N) is 2. The molecule has 0 fully saturated rings. The molecule has 4 aromatic carbocycles. The van der Waals surface area contributed by atoms with Crippen LogP contribution in [-0.4, -0.2) is 43.6 Å². The predicted molar refractivity (Wildman–Crippen MR) is 177 cm³/mol. The molecule has 0 amide bonds. The number of benzene rings is 4. The zero-order valence-electron chi connectivity index (χ0n) is 26.4. The summed E-state index contributed by atoms with van der Waals surface area (Å²) in [6, 6.07) is 32.4. The normalized spacial score (nSPS) is 11.4. The van der Waals surface area contributed by atoms with Gasteiger partial charge < -0.3 is 18.9 Å². The first-order valence-corrected chi connectivity index (χ1v) is 15.4. The summed E-state index contributed by atoms with van der Waals surface area (Å²) in [7, 11) is 1.37. The summed E-state index contributed by atoms with van der Waals surface area (Å²) in [6.45, 7) is 12.0. The molecule has 0 heterocycles. The van der Waals surface area contributed by atoms with Gasteiger partial charge in [-0.2, -0.15) is 0 Å². The Morgan fingerprint density at radius 1 is 0.848 bits per heavy atom. The quantitative estimate of drug-likeness (QED) is 0.0667. The van der Waals surface area contributed by atoms with Crippen LogP contribution in [0.4, 0.5) is 5.69 Å². The number of esters is 2. The van der Waals surface area contributed by atoms with Crippen molar-refractivity contribution in [2.75, 3.05) is 26.8 Å². The van der Waals surface area contributed by atoms with E-state index in [0.29, 0.717) is 56.9 Å². The van der Waals surface area contributed by atoms with E-state index in [1.807, 2.05) is 84.9 Å². The summed E-state index contributed by atoms with van der Waals surface area (Å²) in [5.74, 6) is 0.942. The third-order valence-electron chi connectivity index (χ3n) is 7.34. The van der Waals surface area contributed by atoms with Crippen LogP contribution in [0.1, 0.15) is 59.3 Å². The van der Waals surface area contributed by atoms with Gasteiger partial charge in [-0.05, 0) is 79.4 Å². The summed E-state index contributed by atoms with van der Waals surface area (Å²) in [6.07, 6.45) is 1.53.